The van der Waals surface area contributed by atoms with E-state index in [1.165, 1.54) is 0 Å². The number of nitrogens with two attached hydrogens (primary N) is 1. The minimum Gasteiger partial charge on any atom is -0.399 e. The molecule has 1 heterocycles. The Balaban J connectivity index is 2.11. The number of hydrogen-bond donors (Lipinski definition) is 1. The molecule has 98 valence electrons. The van der Waals surface area contributed by atoms with Crippen LogP contribution in [0.3, 0.4) is 0 Å². The van der Waals surface area contributed by atoms with Gasteiger partial charge in [-0.15, -0.1) is 0 Å². The topological polar surface area (TPSA) is 62.7 Å². The SMILES string of the molecule is N#Cc1nc2ccccc2cc1C#Cc1cccc(N)c1. The molecule has 0 aliphatic rings. The van der Waals surface area contributed by atoms with Crippen molar-refractivity contribution in [3.63, 3.8) is 0 Å². The number of aromatic nitrogens is 1. The Morgan fingerprint density at radius 1 is 0.952 bits per heavy atom. The van der Waals surface area contributed by atoms with Crippen LogP contribution in [-0.4, -0.2) is 4.98 Å². The van der Waals surface area contributed by atoms with E-state index in [4.69, 9.17) is 5.73 Å². The van der Waals surface area contributed by atoms with Crippen molar-refractivity contribution in [1.29, 1.82) is 5.26 Å². The van der Waals surface area contributed by atoms with Crippen LogP contribution in [0.4, 0.5) is 5.69 Å². The Labute approximate surface area is 122 Å². The van der Waals surface area contributed by atoms with Crippen LogP contribution >= 0.6 is 0 Å². The van der Waals surface area contributed by atoms with E-state index < -0.39 is 0 Å². The van der Waals surface area contributed by atoms with Gasteiger partial charge in [-0.25, -0.2) is 4.98 Å². The second-order valence-electron chi connectivity index (χ2n) is 4.56. The molecule has 3 rings (SSSR count). The van der Waals surface area contributed by atoms with Crippen molar-refractivity contribution in [2.24, 2.45) is 0 Å². The highest BCUT2D eigenvalue weighted by Gasteiger charge is 2.03. The summed E-state index contributed by atoms with van der Waals surface area (Å²) in [4.78, 5) is 4.34. The molecule has 0 radical (unpaired) electrons. The van der Waals surface area contributed by atoms with Gasteiger partial charge in [0.25, 0.3) is 0 Å². The zero-order chi connectivity index (χ0) is 14.7. The standard InChI is InChI=1S/C18H11N3/c19-12-18-15(9-8-13-4-3-6-16(20)10-13)11-14-5-1-2-7-17(14)21-18/h1-7,10-11H,20H2. The van der Waals surface area contributed by atoms with Crippen molar-refractivity contribution in [3.05, 3.63) is 71.4 Å². The molecule has 2 aromatic carbocycles. The third-order valence-corrected chi connectivity index (χ3v) is 3.06. The fourth-order valence-corrected chi connectivity index (χ4v) is 2.05. The van der Waals surface area contributed by atoms with Crippen molar-refractivity contribution in [2.45, 2.75) is 0 Å². The third-order valence-electron chi connectivity index (χ3n) is 3.06. The Bertz CT molecular complexity index is 924. The predicted octanol–water partition coefficient (Wildman–Crippen LogP) is 3.09. The summed E-state index contributed by atoms with van der Waals surface area (Å²) in [6, 6.07) is 19.0. The van der Waals surface area contributed by atoms with Gasteiger partial charge < -0.3 is 5.73 Å². The molecule has 3 aromatic rings. The molecule has 1 aromatic heterocycles. The van der Waals surface area contributed by atoms with E-state index in [1.54, 1.807) is 6.07 Å². The van der Waals surface area contributed by atoms with Crippen LogP contribution in [0.2, 0.25) is 0 Å². The number of fused-ring (bicyclic) bond motifs is 1. The molecule has 0 spiro atoms. The monoisotopic (exact) mass is 269 g/mol. The fraction of sp³-hybridized carbons (Fsp3) is 0. The van der Waals surface area contributed by atoms with E-state index in [-0.39, 0.29) is 0 Å². The summed E-state index contributed by atoms with van der Waals surface area (Å²) in [7, 11) is 0. The first-order valence-corrected chi connectivity index (χ1v) is 6.44. The smallest absolute Gasteiger partial charge is 0.156 e. The van der Waals surface area contributed by atoms with Crippen LogP contribution in [0.5, 0.6) is 0 Å². The summed E-state index contributed by atoms with van der Waals surface area (Å²) in [5, 5.41) is 10.2. The molecule has 0 bridgehead atoms. The summed E-state index contributed by atoms with van der Waals surface area (Å²) < 4.78 is 0. The lowest BCUT2D eigenvalue weighted by atomic mass is 10.1. The van der Waals surface area contributed by atoms with Gasteiger partial charge in [-0.2, -0.15) is 5.26 Å². The van der Waals surface area contributed by atoms with Crippen molar-refractivity contribution in [1.82, 2.24) is 4.98 Å². The Morgan fingerprint density at radius 3 is 2.62 bits per heavy atom. The van der Waals surface area contributed by atoms with Gasteiger partial charge in [0.1, 0.15) is 6.07 Å². The number of nitriles is 1. The molecule has 0 atom stereocenters. The van der Waals surface area contributed by atoms with Gasteiger partial charge in [0.2, 0.25) is 0 Å². The maximum atomic E-state index is 9.22. The molecule has 0 unspecified atom stereocenters. The maximum absolute atomic E-state index is 9.22. The molecule has 0 saturated carbocycles. The Morgan fingerprint density at radius 2 is 1.81 bits per heavy atom. The van der Waals surface area contributed by atoms with Gasteiger partial charge in [-0.3, -0.25) is 0 Å². The Kier molecular flexibility index (Phi) is 3.25. The summed E-state index contributed by atoms with van der Waals surface area (Å²) >= 11 is 0. The van der Waals surface area contributed by atoms with E-state index in [1.807, 2.05) is 48.5 Å². The quantitative estimate of drug-likeness (QED) is 0.504. The summed E-state index contributed by atoms with van der Waals surface area (Å²) in [5.41, 5.74) is 8.96. The number of para-hydroxylation sites is 1. The molecule has 0 amide bonds. The lowest BCUT2D eigenvalue weighted by Crippen LogP contribution is -1.91. The van der Waals surface area contributed by atoms with Crippen molar-refractivity contribution >= 4 is 16.6 Å². The normalized spacial score (nSPS) is 9.67. The van der Waals surface area contributed by atoms with Gasteiger partial charge in [-0.1, -0.05) is 36.1 Å². The van der Waals surface area contributed by atoms with E-state index in [0.717, 1.165) is 16.5 Å². The molecule has 3 nitrogen and oxygen atoms in total. The average Bonchev–Trinajstić information content (AvgIpc) is 2.52. The van der Waals surface area contributed by atoms with Crippen molar-refractivity contribution in [3.8, 4) is 17.9 Å². The van der Waals surface area contributed by atoms with Gasteiger partial charge in [0, 0.05) is 16.6 Å². The number of anilines is 1. The van der Waals surface area contributed by atoms with Gasteiger partial charge in [-0.05, 0) is 30.3 Å². The minimum atomic E-state index is 0.338. The Hall–Kier alpha value is -3.30. The zero-order valence-electron chi connectivity index (χ0n) is 11.2. The third kappa shape index (κ3) is 2.68. The number of pyridine rings is 1. The number of benzene rings is 2. The second kappa shape index (κ2) is 5.36. The first-order valence-electron chi connectivity index (χ1n) is 6.44. The van der Waals surface area contributed by atoms with Crippen molar-refractivity contribution < 1.29 is 0 Å². The molecular formula is C18H11N3. The molecule has 0 aliphatic carbocycles. The molecule has 0 saturated heterocycles. The number of rotatable bonds is 0. The first kappa shape index (κ1) is 12.7. The summed E-state index contributed by atoms with van der Waals surface area (Å²) in [5.74, 6) is 6.03. The highest BCUT2D eigenvalue weighted by Crippen LogP contribution is 2.16. The number of nitrogens with zero attached hydrogens (tertiary/aromatic N) is 2. The van der Waals surface area contributed by atoms with Crippen LogP contribution < -0.4 is 5.73 Å². The van der Waals surface area contributed by atoms with Gasteiger partial charge >= 0.3 is 0 Å². The molecule has 0 aliphatic heterocycles. The zero-order valence-corrected chi connectivity index (χ0v) is 11.2. The summed E-state index contributed by atoms with van der Waals surface area (Å²) in [6.07, 6.45) is 0. The largest absolute Gasteiger partial charge is 0.399 e. The van der Waals surface area contributed by atoms with Crippen LogP contribution in [0.15, 0.2) is 54.6 Å². The molecule has 21 heavy (non-hydrogen) atoms. The lowest BCUT2D eigenvalue weighted by Gasteiger charge is -2.00. The molecule has 2 N–H and O–H groups in total. The van der Waals surface area contributed by atoms with E-state index >= 15 is 0 Å². The first-order chi connectivity index (χ1) is 10.3. The fourth-order valence-electron chi connectivity index (χ4n) is 2.05. The number of nitrogen functional groups attached to an aromatic ring is 1. The van der Waals surface area contributed by atoms with Crippen LogP contribution in [0, 0.1) is 23.2 Å². The predicted molar refractivity (Wildman–Crippen MR) is 83.3 cm³/mol. The van der Waals surface area contributed by atoms with E-state index in [9.17, 15) is 5.26 Å². The highest BCUT2D eigenvalue weighted by molar-refractivity contribution is 5.81. The van der Waals surface area contributed by atoms with Gasteiger partial charge in [0.15, 0.2) is 5.69 Å². The second-order valence-corrected chi connectivity index (χ2v) is 4.56. The summed E-state index contributed by atoms with van der Waals surface area (Å²) in [6.45, 7) is 0. The van der Waals surface area contributed by atoms with Crippen LogP contribution in [0.1, 0.15) is 16.8 Å². The average molecular weight is 269 g/mol. The number of hydrogen-bond acceptors (Lipinski definition) is 3. The van der Waals surface area contributed by atoms with E-state index in [0.29, 0.717) is 16.9 Å². The van der Waals surface area contributed by atoms with E-state index in [2.05, 4.69) is 22.9 Å². The molecule has 3 heteroatoms. The van der Waals surface area contributed by atoms with Crippen LogP contribution in [0.25, 0.3) is 10.9 Å². The maximum Gasteiger partial charge on any atom is 0.156 e. The lowest BCUT2D eigenvalue weighted by molar-refractivity contribution is 1.31. The molecule has 0 fully saturated rings. The highest BCUT2D eigenvalue weighted by atomic mass is 14.7. The van der Waals surface area contributed by atoms with Crippen LogP contribution in [-0.2, 0) is 0 Å². The van der Waals surface area contributed by atoms with Gasteiger partial charge in [0.05, 0.1) is 11.1 Å². The minimum absolute atomic E-state index is 0.338. The molecular weight excluding hydrogens is 258 g/mol. The van der Waals surface area contributed by atoms with Crippen molar-refractivity contribution in [2.75, 3.05) is 5.73 Å².